The van der Waals surface area contributed by atoms with Crippen LogP contribution in [0.3, 0.4) is 0 Å². The van der Waals surface area contributed by atoms with Gasteiger partial charge in [0.2, 0.25) is 5.91 Å². The Hall–Kier alpha value is -1.55. The van der Waals surface area contributed by atoms with Crippen LogP contribution >= 0.6 is 0 Å². The third kappa shape index (κ3) is 4.53. The molecule has 1 amide bonds. The Kier molecular flexibility index (Phi) is 5.01. The number of carbonyl (C=O) groups is 1. The van der Waals surface area contributed by atoms with E-state index in [9.17, 15) is 4.79 Å². The predicted molar refractivity (Wildman–Crippen MR) is 83.5 cm³/mol. The van der Waals surface area contributed by atoms with Crippen molar-refractivity contribution in [1.29, 1.82) is 0 Å². The molecule has 110 valence electrons. The lowest BCUT2D eigenvalue weighted by Crippen LogP contribution is -2.32. The van der Waals surface area contributed by atoms with Gasteiger partial charge in [0.25, 0.3) is 0 Å². The highest BCUT2D eigenvalue weighted by Crippen LogP contribution is 2.34. The topological polar surface area (TPSA) is 58.4 Å². The summed E-state index contributed by atoms with van der Waals surface area (Å²) in [5, 5.41) is 2.88. The summed E-state index contributed by atoms with van der Waals surface area (Å²) in [6, 6.07) is 7.93. The van der Waals surface area contributed by atoms with Crippen molar-refractivity contribution in [2.45, 2.75) is 38.6 Å². The highest BCUT2D eigenvalue weighted by atomic mass is 16.1. The van der Waals surface area contributed by atoms with Crippen LogP contribution in [-0.4, -0.2) is 30.4 Å². The number of nitrogens with one attached hydrogen (secondary N) is 1. The maximum absolute atomic E-state index is 11.9. The molecule has 0 heterocycles. The summed E-state index contributed by atoms with van der Waals surface area (Å²) in [5.74, 6) is 0.934. The van der Waals surface area contributed by atoms with Crippen LogP contribution in [0.25, 0.3) is 0 Å². The van der Waals surface area contributed by atoms with Gasteiger partial charge in [0.05, 0.1) is 0 Å². The van der Waals surface area contributed by atoms with Crippen molar-refractivity contribution in [1.82, 2.24) is 4.90 Å². The third-order valence-electron chi connectivity index (χ3n) is 4.08. The quantitative estimate of drug-likeness (QED) is 0.752. The Balaban J connectivity index is 1.67. The van der Waals surface area contributed by atoms with Gasteiger partial charge in [-0.1, -0.05) is 6.07 Å². The molecule has 4 nitrogen and oxygen atoms in total. The van der Waals surface area contributed by atoms with Gasteiger partial charge in [0, 0.05) is 23.8 Å². The summed E-state index contributed by atoms with van der Waals surface area (Å²) in [5.41, 5.74) is 7.12. The Labute approximate surface area is 121 Å². The Morgan fingerprint density at radius 1 is 1.50 bits per heavy atom. The maximum Gasteiger partial charge on any atom is 0.224 e. The molecule has 1 fully saturated rings. The second-order valence-electron chi connectivity index (χ2n) is 5.84. The molecule has 0 radical (unpaired) electrons. The van der Waals surface area contributed by atoms with Crippen LogP contribution in [0.1, 0.15) is 32.6 Å². The zero-order valence-corrected chi connectivity index (χ0v) is 12.4. The highest BCUT2D eigenvalue weighted by molar-refractivity contribution is 5.91. The first-order valence-electron chi connectivity index (χ1n) is 7.42. The number of hydrogen-bond acceptors (Lipinski definition) is 3. The number of nitrogens with two attached hydrogens (primary N) is 1. The second-order valence-corrected chi connectivity index (χ2v) is 5.84. The molecule has 1 unspecified atom stereocenters. The molecule has 3 N–H and O–H groups in total. The van der Waals surface area contributed by atoms with Gasteiger partial charge in [-0.25, -0.2) is 0 Å². The molecule has 0 bridgehead atoms. The summed E-state index contributed by atoms with van der Waals surface area (Å²) >= 11 is 0. The van der Waals surface area contributed by atoms with Gasteiger partial charge < -0.3 is 16.0 Å². The standard InChI is InChI=1S/C16H25N3O/c1-12(13-8-9-13)19(2)10-4-7-16(20)18-15-6-3-5-14(17)11-15/h3,5-6,11-13H,4,7-10,17H2,1-2H3,(H,18,20). The summed E-state index contributed by atoms with van der Waals surface area (Å²) in [4.78, 5) is 14.2. The molecule has 20 heavy (non-hydrogen) atoms. The van der Waals surface area contributed by atoms with Gasteiger partial charge in [0.1, 0.15) is 0 Å². The summed E-state index contributed by atoms with van der Waals surface area (Å²) in [7, 11) is 2.15. The molecule has 1 aliphatic carbocycles. The Bertz CT molecular complexity index is 457. The fourth-order valence-electron chi connectivity index (χ4n) is 2.47. The van der Waals surface area contributed by atoms with E-state index < -0.39 is 0 Å². The van der Waals surface area contributed by atoms with Crippen molar-refractivity contribution < 1.29 is 4.79 Å². The van der Waals surface area contributed by atoms with E-state index in [1.54, 1.807) is 6.07 Å². The summed E-state index contributed by atoms with van der Waals surface area (Å²) < 4.78 is 0. The Morgan fingerprint density at radius 2 is 2.25 bits per heavy atom. The van der Waals surface area contributed by atoms with Gasteiger partial charge >= 0.3 is 0 Å². The van der Waals surface area contributed by atoms with Gasteiger partial charge in [-0.15, -0.1) is 0 Å². The zero-order chi connectivity index (χ0) is 14.5. The number of carbonyl (C=O) groups excluding carboxylic acids is 1. The van der Waals surface area contributed by atoms with Crippen LogP contribution in [0, 0.1) is 5.92 Å². The van der Waals surface area contributed by atoms with Gasteiger partial charge in [0.15, 0.2) is 0 Å². The molecule has 1 aromatic rings. The smallest absolute Gasteiger partial charge is 0.224 e. The molecule has 1 atom stereocenters. The van der Waals surface area contributed by atoms with Crippen molar-refractivity contribution in [2.75, 3.05) is 24.6 Å². The minimum absolute atomic E-state index is 0.0584. The van der Waals surface area contributed by atoms with Gasteiger partial charge in [-0.05, 0) is 63.9 Å². The fourth-order valence-corrected chi connectivity index (χ4v) is 2.47. The first-order chi connectivity index (χ1) is 9.56. The number of hydrogen-bond donors (Lipinski definition) is 2. The van der Waals surface area contributed by atoms with Crippen LogP contribution in [0.5, 0.6) is 0 Å². The zero-order valence-electron chi connectivity index (χ0n) is 12.4. The molecule has 2 rings (SSSR count). The average Bonchev–Trinajstić information content (AvgIpc) is 3.22. The van der Waals surface area contributed by atoms with Crippen LogP contribution in [0.4, 0.5) is 11.4 Å². The minimum Gasteiger partial charge on any atom is -0.399 e. The van der Waals surface area contributed by atoms with E-state index in [-0.39, 0.29) is 5.91 Å². The highest BCUT2D eigenvalue weighted by Gasteiger charge is 2.30. The van der Waals surface area contributed by atoms with Crippen LogP contribution in [0.15, 0.2) is 24.3 Å². The summed E-state index contributed by atoms with van der Waals surface area (Å²) in [6.45, 7) is 3.26. The molecule has 0 aromatic heterocycles. The maximum atomic E-state index is 11.9. The number of nitrogens with zero attached hydrogens (tertiary/aromatic N) is 1. The van der Waals surface area contributed by atoms with Gasteiger partial charge in [-0.2, -0.15) is 0 Å². The largest absolute Gasteiger partial charge is 0.399 e. The van der Waals surface area contributed by atoms with Crippen molar-refractivity contribution in [2.24, 2.45) is 5.92 Å². The SMILES string of the molecule is CC(C1CC1)N(C)CCCC(=O)Nc1cccc(N)c1. The molecule has 0 aliphatic heterocycles. The van der Waals surface area contributed by atoms with E-state index in [0.717, 1.165) is 24.6 Å². The first kappa shape index (κ1) is 14.9. The monoisotopic (exact) mass is 275 g/mol. The van der Waals surface area contributed by atoms with Crippen LogP contribution in [-0.2, 0) is 4.79 Å². The van der Waals surface area contributed by atoms with E-state index in [1.807, 2.05) is 18.2 Å². The van der Waals surface area contributed by atoms with Crippen LogP contribution < -0.4 is 11.1 Å². The van der Waals surface area contributed by atoms with E-state index in [1.165, 1.54) is 12.8 Å². The van der Waals surface area contributed by atoms with E-state index in [4.69, 9.17) is 5.73 Å². The molecule has 1 aliphatic rings. The van der Waals surface area contributed by atoms with E-state index in [2.05, 4.69) is 24.2 Å². The van der Waals surface area contributed by atoms with Crippen LogP contribution in [0.2, 0.25) is 0 Å². The molecule has 1 aromatic carbocycles. The summed E-state index contributed by atoms with van der Waals surface area (Å²) in [6.07, 6.45) is 4.17. The van der Waals surface area contributed by atoms with E-state index in [0.29, 0.717) is 18.2 Å². The first-order valence-corrected chi connectivity index (χ1v) is 7.42. The number of anilines is 2. The average molecular weight is 275 g/mol. The predicted octanol–water partition coefficient (Wildman–Crippen LogP) is 2.72. The molecule has 0 saturated heterocycles. The van der Waals surface area contributed by atoms with Crippen molar-refractivity contribution in [3.63, 3.8) is 0 Å². The number of rotatable bonds is 7. The number of amides is 1. The molecule has 1 saturated carbocycles. The normalized spacial score (nSPS) is 16.1. The van der Waals surface area contributed by atoms with Crippen molar-refractivity contribution in [3.8, 4) is 0 Å². The molecule has 4 heteroatoms. The lowest BCUT2D eigenvalue weighted by molar-refractivity contribution is -0.116. The molecule has 0 spiro atoms. The second kappa shape index (κ2) is 6.75. The van der Waals surface area contributed by atoms with Crippen molar-refractivity contribution in [3.05, 3.63) is 24.3 Å². The van der Waals surface area contributed by atoms with E-state index >= 15 is 0 Å². The molecular weight excluding hydrogens is 250 g/mol. The number of nitrogen functional groups attached to an aromatic ring is 1. The fraction of sp³-hybridized carbons (Fsp3) is 0.562. The lowest BCUT2D eigenvalue weighted by Gasteiger charge is -2.24. The number of benzene rings is 1. The molecular formula is C16H25N3O. The van der Waals surface area contributed by atoms with Gasteiger partial charge in [-0.3, -0.25) is 4.79 Å². The third-order valence-corrected chi connectivity index (χ3v) is 4.08. The minimum atomic E-state index is 0.0584. The Morgan fingerprint density at radius 3 is 2.90 bits per heavy atom. The van der Waals surface area contributed by atoms with Crippen molar-refractivity contribution >= 4 is 17.3 Å². The lowest BCUT2D eigenvalue weighted by atomic mass is 10.1.